The molecule has 7 heteroatoms. The summed E-state index contributed by atoms with van der Waals surface area (Å²) in [4.78, 5) is 12.8. The Morgan fingerprint density at radius 1 is 1.14 bits per heavy atom. The van der Waals surface area contributed by atoms with Crippen LogP contribution in [0.2, 0.25) is 0 Å². The number of hydrogen-bond donors (Lipinski definition) is 0. The maximum absolute atomic E-state index is 13.6. The normalized spacial score (nSPS) is 11.5. The molecule has 0 N–H and O–H groups in total. The van der Waals surface area contributed by atoms with Crippen LogP contribution in [-0.2, 0) is 6.18 Å². The summed E-state index contributed by atoms with van der Waals surface area (Å²) < 4.78 is 56.5. The Kier molecular flexibility index (Phi) is 5.18. The molecule has 0 atom stereocenters. The van der Waals surface area contributed by atoms with Gasteiger partial charge >= 0.3 is 6.18 Å². The Hall–Kier alpha value is -3.22. The molecule has 3 rings (SSSR count). The van der Waals surface area contributed by atoms with Crippen LogP contribution < -0.4 is 14.9 Å². The van der Waals surface area contributed by atoms with Gasteiger partial charge < -0.3 is 13.9 Å². The second-order valence-corrected chi connectivity index (χ2v) is 6.22. The Morgan fingerprint density at radius 3 is 2.57 bits per heavy atom. The highest BCUT2D eigenvalue weighted by Crippen LogP contribution is 2.39. The molecular weight excluding hydrogens is 373 g/mol. The zero-order chi connectivity index (χ0) is 20.5. The van der Waals surface area contributed by atoms with E-state index in [9.17, 15) is 18.0 Å². The Bertz CT molecular complexity index is 1100. The molecule has 0 spiro atoms. The van der Waals surface area contributed by atoms with Crippen molar-refractivity contribution in [2.24, 2.45) is 0 Å². The number of benzene rings is 2. The van der Waals surface area contributed by atoms with Crippen LogP contribution in [0.25, 0.3) is 11.0 Å². The van der Waals surface area contributed by atoms with Gasteiger partial charge in [-0.2, -0.15) is 13.2 Å². The highest BCUT2D eigenvalue weighted by molar-refractivity contribution is 5.79. The minimum absolute atomic E-state index is 0.0424. The maximum atomic E-state index is 13.6. The summed E-state index contributed by atoms with van der Waals surface area (Å²) in [6, 6.07) is 9.10. The highest BCUT2D eigenvalue weighted by Gasteiger charge is 2.40. The standard InChI is InChI=1S/C21H17F3O4/c1-4-9-26-14-7-8-15-17(11-14)28-20(21(22,23)24)19(18(15)25)27-16-10-12(2)5-6-13(16)3/h4-8,10-11H,1,9H2,2-3H3. The number of fused-ring (bicyclic) bond motifs is 1. The van der Waals surface area contributed by atoms with Gasteiger partial charge in [-0.1, -0.05) is 24.8 Å². The van der Waals surface area contributed by atoms with Crippen molar-refractivity contribution in [3.8, 4) is 17.2 Å². The molecule has 0 bridgehead atoms. The topological polar surface area (TPSA) is 48.7 Å². The number of ether oxygens (including phenoxy) is 2. The Labute approximate surface area is 158 Å². The molecule has 0 aliphatic rings. The number of hydrogen-bond acceptors (Lipinski definition) is 4. The van der Waals surface area contributed by atoms with Gasteiger partial charge in [-0.3, -0.25) is 4.79 Å². The van der Waals surface area contributed by atoms with Gasteiger partial charge in [0.15, 0.2) is 0 Å². The second-order valence-electron chi connectivity index (χ2n) is 6.22. The van der Waals surface area contributed by atoms with E-state index < -0.39 is 23.1 Å². The van der Waals surface area contributed by atoms with Gasteiger partial charge in [-0.05, 0) is 43.2 Å². The van der Waals surface area contributed by atoms with E-state index in [2.05, 4.69) is 6.58 Å². The van der Waals surface area contributed by atoms with Crippen LogP contribution in [0.1, 0.15) is 16.9 Å². The first kappa shape index (κ1) is 19.5. The zero-order valence-electron chi connectivity index (χ0n) is 15.2. The molecule has 0 saturated carbocycles. The van der Waals surface area contributed by atoms with Gasteiger partial charge in [-0.15, -0.1) is 0 Å². The minimum atomic E-state index is -4.92. The van der Waals surface area contributed by atoms with Crippen molar-refractivity contribution in [2.75, 3.05) is 6.61 Å². The van der Waals surface area contributed by atoms with Crippen LogP contribution in [0.15, 0.2) is 58.3 Å². The summed E-state index contributed by atoms with van der Waals surface area (Å²) in [6.45, 7) is 7.10. The van der Waals surface area contributed by atoms with E-state index in [1.807, 2.05) is 0 Å². The van der Waals surface area contributed by atoms with Crippen LogP contribution in [0.5, 0.6) is 17.2 Å². The van der Waals surface area contributed by atoms with Crippen molar-refractivity contribution < 1.29 is 27.1 Å². The average molecular weight is 390 g/mol. The quantitative estimate of drug-likeness (QED) is 0.518. The summed E-state index contributed by atoms with van der Waals surface area (Å²) >= 11 is 0. The summed E-state index contributed by atoms with van der Waals surface area (Å²) in [5, 5.41) is -0.0424. The lowest BCUT2D eigenvalue weighted by Gasteiger charge is -2.15. The van der Waals surface area contributed by atoms with E-state index in [0.717, 1.165) is 5.56 Å². The molecule has 0 amide bonds. The molecule has 2 aromatic carbocycles. The van der Waals surface area contributed by atoms with Crippen LogP contribution in [-0.4, -0.2) is 6.61 Å². The minimum Gasteiger partial charge on any atom is -0.489 e. The van der Waals surface area contributed by atoms with E-state index >= 15 is 0 Å². The fraction of sp³-hybridized carbons (Fsp3) is 0.190. The van der Waals surface area contributed by atoms with Crippen molar-refractivity contribution in [3.63, 3.8) is 0 Å². The van der Waals surface area contributed by atoms with Gasteiger partial charge in [0.05, 0.1) is 5.39 Å². The van der Waals surface area contributed by atoms with Gasteiger partial charge in [0, 0.05) is 6.07 Å². The molecule has 0 fully saturated rings. The zero-order valence-corrected chi connectivity index (χ0v) is 15.2. The SMILES string of the molecule is C=CCOc1ccc2c(=O)c(Oc3cc(C)ccc3C)c(C(F)(F)F)oc2c1. The van der Waals surface area contributed by atoms with E-state index in [-0.39, 0.29) is 29.1 Å². The molecule has 146 valence electrons. The maximum Gasteiger partial charge on any atom is 0.453 e. The molecule has 0 radical (unpaired) electrons. The van der Waals surface area contributed by atoms with E-state index in [0.29, 0.717) is 5.56 Å². The van der Waals surface area contributed by atoms with E-state index in [1.165, 1.54) is 24.3 Å². The number of halogens is 3. The molecule has 4 nitrogen and oxygen atoms in total. The van der Waals surface area contributed by atoms with Gasteiger partial charge in [-0.25, -0.2) is 0 Å². The van der Waals surface area contributed by atoms with E-state index in [1.54, 1.807) is 32.0 Å². The molecule has 1 heterocycles. The Balaban J connectivity index is 2.20. The fourth-order valence-corrected chi connectivity index (χ4v) is 2.61. The second kappa shape index (κ2) is 7.42. The molecule has 0 aliphatic heterocycles. The van der Waals surface area contributed by atoms with Gasteiger partial charge in [0.2, 0.25) is 11.2 Å². The number of alkyl halides is 3. The van der Waals surface area contributed by atoms with Gasteiger partial charge in [0.1, 0.15) is 23.7 Å². The third-order valence-corrected chi connectivity index (χ3v) is 4.00. The molecule has 28 heavy (non-hydrogen) atoms. The monoisotopic (exact) mass is 390 g/mol. The predicted octanol–water partition coefficient (Wildman–Crippen LogP) is 5.79. The van der Waals surface area contributed by atoms with Crippen molar-refractivity contribution in [1.82, 2.24) is 0 Å². The van der Waals surface area contributed by atoms with Crippen molar-refractivity contribution in [3.05, 3.63) is 76.2 Å². The first-order chi connectivity index (χ1) is 13.2. The predicted molar refractivity (Wildman–Crippen MR) is 99.2 cm³/mol. The largest absolute Gasteiger partial charge is 0.489 e. The van der Waals surface area contributed by atoms with Crippen molar-refractivity contribution in [2.45, 2.75) is 20.0 Å². The molecule has 0 saturated heterocycles. The molecule has 3 aromatic rings. The van der Waals surface area contributed by atoms with Crippen LogP contribution in [0.4, 0.5) is 13.2 Å². The van der Waals surface area contributed by atoms with E-state index in [4.69, 9.17) is 13.9 Å². The number of aryl methyl sites for hydroxylation is 2. The highest BCUT2D eigenvalue weighted by atomic mass is 19.4. The number of rotatable bonds is 5. The smallest absolute Gasteiger partial charge is 0.453 e. The fourth-order valence-electron chi connectivity index (χ4n) is 2.61. The lowest BCUT2D eigenvalue weighted by atomic mass is 10.1. The van der Waals surface area contributed by atoms with Crippen LogP contribution in [0.3, 0.4) is 0 Å². The van der Waals surface area contributed by atoms with Crippen molar-refractivity contribution in [1.29, 1.82) is 0 Å². The Morgan fingerprint density at radius 2 is 1.89 bits per heavy atom. The average Bonchev–Trinajstić information content (AvgIpc) is 2.64. The van der Waals surface area contributed by atoms with Crippen molar-refractivity contribution >= 4 is 11.0 Å². The summed E-state index contributed by atoms with van der Waals surface area (Å²) in [5.41, 5.74) is 0.215. The third kappa shape index (κ3) is 3.88. The summed E-state index contributed by atoms with van der Waals surface area (Å²) in [6.07, 6.45) is -3.43. The third-order valence-electron chi connectivity index (χ3n) is 4.00. The van der Waals surface area contributed by atoms with Crippen LogP contribution >= 0.6 is 0 Å². The first-order valence-electron chi connectivity index (χ1n) is 8.37. The first-order valence-corrected chi connectivity index (χ1v) is 8.37. The lowest BCUT2D eigenvalue weighted by molar-refractivity contribution is -0.154. The molecule has 0 aliphatic carbocycles. The molecule has 1 aromatic heterocycles. The van der Waals surface area contributed by atoms with Crippen LogP contribution in [0, 0.1) is 13.8 Å². The summed E-state index contributed by atoms with van der Waals surface area (Å²) in [7, 11) is 0. The lowest BCUT2D eigenvalue weighted by Crippen LogP contribution is -2.15. The molecular formula is C21H17F3O4. The molecule has 0 unspecified atom stereocenters. The van der Waals surface area contributed by atoms with Gasteiger partial charge in [0.25, 0.3) is 5.76 Å². The summed E-state index contributed by atoms with van der Waals surface area (Å²) in [5.74, 6) is -1.98.